The normalized spacial score (nSPS) is 13.2. The number of hydrogen-bond acceptors (Lipinski definition) is 3. The van der Waals surface area contributed by atoms with Gasteiger partial charge in [-0.2, -0.15) is 0 Å². The molecule has 1 rings (SSSR count). The molecule has 7 heteroatoms. The van der Waals surface area contributed by atoms with E-state index in [1.54, 1.807) is 6.07 Å². The van der Waals surface area contributed by atoms with E-state index in [2.05, 4.69) is 35.1 Å². The number of rotatable bonds is 6. The number of halogens is 1. The van der Waals surface area contributed by atoms with Crippen molar-refractivity contribution >= 4 is 31.9 Å². The summed E-state index contributed by atoms with van der Waals surface area (Å²) in [6.07, 6.45) is 1.89. The average Bonchev–Trinajstić information content (AvgIpc) is 2.34. The van der Waals surface area contributed by atoms with Gasteiger partial charge in [-0.1, -0.05) is 29.8 Å². The molecule has 1 atom stereocenters. The molecule has 0 fully saturated rings. The molecule has 1 aromatic rings. The van der Waals surface area contributed by atoms with Crippen molar-refractivity contribution in [2.45, 2.75) is 44.6 Å². The number of carbonyl (C=O) groups excluding carboxylic acids is 1. The third-order valence-electron chi connectivity index (χ3n) is 3.02. The largest absolute Gasteiger partial charge is 0.350 e. The van der Waals surface area contributed by atoms with Crippen LogP contribution in [0.15, 0.2) is 27.6 Å². The minimum Gasteiger partial charge on any atom is -0.350 e. The van der Waals surface area contributed by atoms with Crippen LogP contribution in [0.4, 0.5) is 0 Å². The number of nitrogens with one attached hydrogen (secondary N) is 1. The summed E-state index contributed by atoms with van der Waals surface area (Å²) in [7, 11) is -3.84. The van der Waals surface area contributed by atoms with E-state index in [0.717, 1.165) is 12.8 Å². The molecule has 1 aromatic carbocycles. The van der Waals surface area contributed by atoms with Crippen LogP contribution in [0.5, 0.6) is 0 Å². The highest BCUT2D eigenvalue weighted by molar-refractivity contribution is 9.10. The van der Waals surface area contributed by atoms with Crippen LogP contribution in [0.2, 0.25) is 0 Å². The molecule has 0 radical (unpaired) electrons. The highest BCUT2D eigenvalue weighted by Gasteiger charge is 2.15. The Morgan fingerprint density at radius 1 is 1.24 bits per heavy atom. The molecule has 1 amide bonds. The molecule has 0 saturated carbocycles. The molecule has 5 nitrogen and oxygen atoms in total. The fourth-order valence-corrected chi connectivity index (χ4v) is 3.05. The van der Waals surface area contributed by atoms with E-state index in [-0.39, 0.29) is 22.4 Å². The fourth-order valence-electron chi connectivity index (χ4n) is 1.82. The lowest BCUT2D eigenvalue weighted by atomic mass is 10.0. The standard InChI is InChI=1S/C14H21BrN2O3S/c1-9(2)4-5-10(3)17-14(18)11-6-12(15)8-13(7-11)21(16,19)20/h6-10H,4-5H2,1-3H3,(H,17,18)(H2,16,19,20). The maximum atomic E-state index is 12.2. The first-order chi connectivity index (χ1) is 9.59. The zero-order valence-electron chi connectivity index (χ0n) is 12.4. The first kappa shape index (κ1) is 18.1. The molecule has 0 spiro atoms. The second kappa shape index (κ2) is 7.38. The van der Waals surface area contributed by atoms with Crippen LogP contribution in [-0.2, 0) is 10.0 Å². The highest BCUT2D eigenvalue weighted by atomic mass is 79.9. The van der Waals surface area contributed by atoms with Crippen molar-refractivity contribution < 1.29 is 13.2 Å². The third kappa shape index (κ3) is 6.15. The zero-order valence-corrected chi connectivity index (χ0v) is 14.8. The second-order valence-electron chi connectivity index (χ2n) is 5.57. The Morgan fingerprint density at radius 2 is 1.86 bits per heavy atom. The summed E-state index contributed by atoms with van der Waals surface area (Å²) in [5.41, 5.74) is 0.268. The SMILES string of the molecule is CC(C)CCC(C)NC(=O)c1cc(Br)cc(S(N)(=O)=O)c1. The number of sulfonamides is 1. The second-order valence-corrected chi connectivity index (χ2v) is 8.04. The topological polar surface area (TPSA) is 89.3 Å². The van der Waals surface area contributed by atoms with Gasteiger partial charge in [0.05, 0.1) is 4.90 Å². The Labute approximate surface area is 134 Å². The summed E-state index contributed by atoms with van der Waals surface area (Å²) < 4.78 is 23.3. The van der Waals surface area contributed by atoms with E-state index in [0.29, 0.717) is 10.4 Å². The van der Waals surface area contributed by atoms with Crippen LogP contribution in [0.25, 0.3) is 0 Å². The van der Waals surface area contributed by atoms with Gasteiger partial charge in [-0.15, -0.1) is 0 Å². The quantitative estimate of drug-likeness (QED) is 0.799. The molecule has 21 heavy (non-hydrogen) atoms. The van der Waals surface area contributed by atoms with Gasteiger partial charge in [0, 0.05) is 16.1 Å². The van der Waals surface area contributed by atoms with E-state index >= 15 is 0 Å². The van der Waals surface area contributed by atoms with Gasteiger partial charge < -0.3 is 5.32 Å². The Hall–Kier alpha value is -0.920. The van der Waals surface area contributed by atoms with Crippen molar-refractivity contribution in [2.75, 3.05) is 0 Å². The molecule has 0 aromatic heterocycles. The monoisotopic (exact) mass is 376 g/mol. The number of nitrogens with two attached hydrogens (primary N) is 1. The van der Waals surface area contributed by atoms with E-state index in [1.165, 1.54) is 12.1 Å². The fraction of sp³-hybridized carbons (Fsp3) is 0.500. The lowest BCUT2D eigenvalue weighted by Crippen LogP contribution is -2.33. The summed E-state index contributed by atoms with van der Waals surface area (Å²) in [6, 6.07) is 4.25. The van der Waals surface area contributed by atoms with Gasteiger partial charge in [0.25, 0.3) is 5.91 Å². The Morgan fingerprint density at radius 3 is 2.38 bits per heavy atom. The van der Waals surface area contributed by atoms with Gasteiger partial charge in [0.1, 0.15) is 0 Å². The van der Waals surface area contributed by atoms with Crippen molar-refractivity contribution in [2.24, 2.45) is 11.1 Å². The van der Waals surface area contributed by atoms with Crippen LogP contribution in [0.3, 0.4) is 0 Å². The van der Waals surface area contributed by atoms with Crippen LogP contribution in [-0.4, -0.2) is 20.4 Å². The first-order valence-corrected chi connectivity index (χ1v) is 9.07. The van der Waals surface area contributed by atoms with Crippen molar-refractivity contribution in [1.29, 1.82) is 0 Å². The molecule has 0 aliphatic heterocycles. The van der Waals surface area contributed by atoms with Gasteiger partial charge in [-0.05, 0) is 43.9 Å². The van der Waals surface area contributed by atoms with E-state index in [1.807, 2.05) is 6.92 Å². The third-order valence-corrected chi connectivity index (χ3v) is 4.37. The predicted molar refractivity (Wildman–Crippen MR) is 86.5 cm³/mol. The molecule has 0 aliphatic carbocycles. The molecule has 0 saturated heterocycles. The molecule has 1 unspecified atom stereocenters. The Kier molecular flexibility index (Phi) is 6.37. The minimum absolute atomic E-state index is 0.0248. The van der Waals surface area contributed by atoms with Gasteiger partial charge >= 0.3 is 0 Å². The van der Waals surface area contributed by atoms with Crippen LogP contribution >= 0.6 is 15.9 Å². The summed E-state index contributed by atoms with van der Waals surface area (Å²) in [6.45, 7) is 6.18. The molecular formula is C14H21BrN2O3S. The van der Waals surface area contributed by atoms with Gasteiger partial charge in [-0.3, -0.25) is 4.79 Å². The predicted octanol–water partition coefficient (Wildman–Crippen LogP) is 2.65. The highest BCUT2D eigenvalue weighted by Crippen LogP contribution is 2.19. The number of carbonyl (C=O) groups is 1. The smallest absolute Gasteiger partial charge is 0.251 e. The van der Waals surface area contributed by atoms with Gasteiger partial charge in [-0.25, -0.2) is 13.6 Å². The summed E-state index contributed by atoms with van der Waals surface area (Å²) >= 11 is 3.19. The minimum atomic E-state index is -3.84. The van der Waals surface area contributed by atoms with Crippen molar-refractivity contribution in [1.82, 2.24) is 5.32 Å². The van der Waals surface area contributed by atoms with Crippen LogP contribution in [0.1, 0.15) is 44.0 Å². The molecule has 118 valence electrons. The maximum Gasteiger partial charge on any atom is 0.251 e. The lowest BCUT2D eigenvalue weighted by molar-refractivity contribution is 0.0937. The van der Waals surface area contributed by atoms with Crippen LogP contribution < -0.4 is 10.5 Å². The summed E-state index contributed by atoms with van der Waals surface area (Å²) in [5, 5.41) is 7.96. The van der Waals surface area contributed by atoms with E-state index in [9.17, 15) is 13.2 Å². The maximum absolute atomic E-state index is 12.2. The lowest BCUT2D eigenvalue weighted by Gasteiger charge is -2.15. The number of benzene rings is 1. The van der Waals surface area contributed by atoms with E-state index < -0.39 is 10.0 Å². The van der Waals surface area contributed by atoms with Gasteiger partial charge in [0.15, 0.2) is 0 Å². The van der Waals surface area contributed by atoms with Crippen molar-refractivity contribution in [3.63, 3.8) is 0 Å². The molecular weight excluding hydrogens is 356 g/mol. The molecule has 0 heterocycles. The van der Waals surface area contributed by atoms with Gasteiger partial charge in [0.2, 0.25) is 10.0 Å². The Bertz CT molecular complexity index is 615. The molecule has 0 bridgehead atoms. The first-order valence-electron chi connectivity index (χ1n) is 6.74. The number of amides is 1. The summed E-state index contributed by atoms with van der Waals surface area (Å²) in [4.78, 5) is 12.1. The summed E-state index contributed by atoms with van der Waals surface area (Å²) in [5.74, 6) is 0.265. The number of hydrogen-bond donors (Lipinski definition) is 2. The van der Waals surface area contributed by atoms with Crippen LogP contribution in [0, 0.1) is 5.92 Å². The van der Waals surface area contributed by atoms with Crippen molar-refractivity contribution in [3.8, 4) is 0 Å². The molecule has 0 aliphatic rings. The van der Waals surface area contributed by atoms with Crippen molar-refractivity contribution in [3.05, 3.63) is 28.2 Å². The average molecular weight is 377 g/mol. The molecule has 3 N–H and O–H groups in total. The Balaban J connectivity index is 2.86. The number of primary sulfonamides is 1. The van der Waals surface area contributed by atoms with E-state index in [4.69, 9.17) is 5.14 Å². The zero-order chi connectivity index (χ0) is 16.2.